The van der Waals surface area contributed by atoms with Gasteiger partial charge in [0.2, 0.25) is 11.8 Å². The van der Waals surface area contributed by atoms with Gasteiger partial charge >= 0.3 is 0 Å². The molecule has 2 aliphatic heterocycles. The lowest BCUT2D eigenvalue weighted by Gasteiger charge is -2.36. The molecular weight excluding hydrogens is 240 g/mol. The van der Waals surface area contributed by atoms with E-state index in [1.807, 2.05) is 4.90 Å². The van der Waals surface area contributed by atoms with Crippen LogP contribution in [0.25, 0.3) is 0 Å². The van der Waals surface area contributed by atoms with Crippen molar-refractivity contribution < 1.29 is 9.59 Å². The van der Waals surface area contributed by atoms with E-state index in [9.17, 15) is 9.59 Å². The Morgan fingerprint density at radius 2 is 1.95 bits per heavy atom. The Morgan fingerprint density at radius 3 is 2.58 bits per heavy atom. The van der Waals surface area contributed by atoms with Crippen LogP contribution in [-0.2, 0) is 9.59 Å². The van der Waals surface area contributed by atoms with Gasteiger partial charge in [0, 0.05) is 26.1 Å². The highest BCUT2D eigenvalue weighted by molar-refractivity contribution is 5.90. The summed E-state index contributed by atoms with van der Waals surface area (Å²) in [6.45, 7) is 10.9. The zero-order chi connectivity index (χ0) is 14.2. The van der Waals surface area contributed by atoms with Gasteiger partial charge in [-0.1, -0.05) is 27.7 Å². The monoisotopic (exact) mass is 266 g/mol. The van der Waals surface area contributed by atoms with Crippen LogP contribution >= 0.6 is 0 Å². The fourth-order valence-electron chi connectivity index (χ4n) is 2.85. The maximum absolute atomic E-state index is 12.6. The standard InChI is InChI=1S/C15H26N2O2/c1-11(2)15(3,4)10-16-9-7-13(18)17-8-5-6-12(17)14(16)19/h11-12H,5-10H2,1-4H3. The smallest absolute Gasteiger partial charge is 0.245 e. The van der Waals surface area contributed by atoms with Crippen LogP contribution in [0.1, 0.15) is 47.0 Å². The summed E-state index contributed by atoms with van der Waals surface area (Å²) in [5.74, 6) is 0.830. The predicted octanol–water partition coefficient (Wildman–Crippen LogP) is 1.89. The quantitative estimate of drug-likeness (QED) is 0.782. The van der Waals surface area contributed by atoms with Gasteiger partial charge < -0.3 is 9.80 Å². The second-order valence-corrected chi connectivity index (χ2v) is 6.90. The first kappa shape index (κ1) is 14.4. The second-order valence-electron chi connectivity index (χ2n) is 6.90. The van der Waals surface area contributed by atoms with Gasteiger partial charge in [0.1, 0.15) is 6.04 Å². The molecule has 2 aliphatic rings. The van der Waals surface area contributed by atoms with Gasteiger partial charge in [0.25, 0.3) is 0 Å². The van der Waals surface area contributed by atoms with Gasteiger partial charge in [-0.3, -0.25) is 9.59 Å². The summed E-state index contributed by atoms with van der Waals surface area (Å²) in [4.78, 5) is 28.4. The number of rotatable bonds is 3. The molecule has 0 aromatic rings. The molecule has 108 valence electrons. The third-order valence-electron chi connectivity index (χ3n) is 4.93. The lowest BCUT2D eigenvalue weighted by atomic mass is 9.80. The minimum Gasteiger partial charge on any atom is -0.340 e. The zero-order valence-corrected chi connectivity index (χ0v) is 12.6. The van der Waals surface area contributed by atoms with Crippen molar-refractivity contribution in [1.29, 1.82) is 0 Å². The van der Waals surface area contributed by atoms with E-state index < -0.39 is 0 Å². The molecule has 4 heteroatoms. The highest BCUT2D eigenvalue weighted by atomic mass is 16.2. The fraction of sp³-hybridized carbons (Fsp3) is 0.867. The Bertz CT molecular complexity index is 376. The van der Waals surface area contributed by atoms with E-state index in [-0.39, 0.29) is 23.3 Å². The second kappa shape index (κ2) is 5.14. The van der Waals surface area contributed by atoms with Crippen LogP contribution in [-0.4, -0.2) is 47.3 Å². The Labute approximate surface area is 116 Å². The molecule has 0 saturated carbocycles. The van der Waals surface area contributed by atoms with E-state index in [0.29, 0.717) is 18.9 Å². The predicted molar refractivity (Wildman–Crippen MR) is 74.6 cm³/mol. The van der Waals surface area contributed by atoms with E-state index >= 15 is 0 Å². The number of amides is 2. The van der Waals surface area contributed by atoms with Crippen LogP contribution in [0, 0.1) is 11.3 Å². The first-order valence-electron chi connectivity index (χ1n) is 7.41. The Hall–Kier alpha value is -1.06. The molecule has 0 bridgehead atoms. The van der Waals surface area contributed by atoms with Crippen molar-refractivity contribution in [2.24, 2.45) is 11.3 Å². The van der Waals surface area contributed by atoms with Crippen LogP contribution in [0.3, 0.4) is 0 Å². The molecule has 0 aromatic heterocycles. The third kappa shape index (κ3) is 2.77. The van der Waals surface area contributed by atoms with Gasteiger partial charge in [-0.15, -0.1) is 0 Å². The first-order valence-corrected chi connectivity index (χ1v) is 7.41. The molecule has 0 aromatic carbocycles. The topological polar surface area (TPSA) is 40.6 Å². The minimum absolute atomic E-state index is 0.0898. The summed E-state index contributed by atoms with van der Waals surface area (Å²) in [6, 6.07) is -0.182. The van der Waals surface area contributed by atoms with Crippen molar-refractivity contribution in [3.63, 3.8) is 0 Å². The van der Waals surface area contributed by atoms with Gasteiger partial charge in [-0.25, -0.2) is 0 Å². The van der Waals surface area contributed by atoms with E-state index in [0.717, 1.165) is 25.9 Å². The van der Waals surface area contributed by atoms with Crippen LogP contribution in [0.15, 0.2) is 0 Å². The largest absolute Gasteiger partial charge is 0.340 e. The minimum atomic E-state index is -0.182. The zero-order valence-electron chi connectivity index (χ0n) is 12.6. The summed E-state index contributed by atoms with van der Waals surface area (Å²) in [5, 5.41) is 0. The van der Waals surface area contributed by atoms with Gasteiger partial charge in [-0.05, 0) is 24.2 Å². The number of fused-ring (bicyclic) bond motifs is 1. The molecule has 2 rings (SSSR count). The Balaban J connectivity index is 2.13. The van der Waals surface area contributed by atoms with Crippen molar-refractivity contribution in [2.75, 3.05) is 19.6 Å². The SMILES string of the molecule is CC(C)C(C)(C)CN1CCC(=O)N2CCCC2C1=O. The van der Waals surface area contributed by atoms with Crippen molar-refractivity contribution in [1.82, 2.24) is 9.80 Å². The summed E-state index contributed by atoms with van der Waals surface area (Å²) >= 11 is 0. The molecule has 2 heterocycles. The van der Waals surface area contributed by atoms with Crippen molar-refractivity contribution in [3.8, 4) is 0 Å². The Morgan fingerprint density at radius 1 is 1.26 bits per heavy atom. The lowest BCUT2D eigenvalue weighted by Crippen LogP contribution is -2.47. The molecule has 1 atom stereocenters. The maximum atomic E-state index is 12.6. The maximum Gasteiger partial charge on any atom is 0.245 e. The number of hydrogen-bond acceptors (Lipinski definition) is 2. The van der Waals surface area contributed by atoms with Crippen LogP contribution in [0.4, 0.5) is 0 Å². The van der Waals surface area contributed by atoms with E-state index in [4.69, 9.17) is 0 Å². The van der Waals surface area contributed by atoms with Gasteiger partial charge in [-0.2, -0.15) is 0 Å². The number of carbonyl (C=O) groups is 2. The fourth-order valence-corrected chi connectivity index (χ4v) is 2.85. The van der Waals surface area contributed by atoms with Gasteiger partial charge in [0.15, 0.2) is 0 Å². The summed E-state index contributed by atoms with van der Waals surface area (Å²) in [6.07, 6.45) is 2.28. The molecule has 0 aliphatic carbocycles. The van der Waals surface area contributed by atoms with Crippen LogP contribution < -0.4 is 0 Å². The van der Waals surface area contributed by atoms with Crippen molar-refractivity contribution >= 4 is 11.8 Å². The molecule has 2 fully saturated rings. The third-order valence-corrected chi connectivity index (χ3v) is 4.93. The lowest BCUT2D eigenvalue weighted by molar-refractivity contribution is -0.140. The molecule has 1 unspecified atom stereocenters. The number of carbonyl (C=O) groups excluding carboxylic acids is 2. The molecule has 4 nitrogen and oxygen atoms in total. The highest BCUT2D eigenvalue weighted by Crippen LogP contribution is 2.30. The van der Waals surface area contributed by atoms with Crippen molar-refractivity contribution in [2.45, 2.75) is 53.0 Å². The van der Waals surface area contributed by atoms with Gasteiger partial charge in [0.05, 0.1) is 0 Å². The van der Waals surface area contributed by atoms with Crippen molar-refractivity contribution in [3.05, 3.63) is 0 Å². The highest BCUT2D eigenvalue weighted by Gasteiger charge is 2.40. The van der Waals surface area contributed by atoms with Crippen LogP contribution in [0.2, 0.25) is 0 Å². The molecule has 2 amide bonds. The molecule has 0 radical (unpaired) electrons. The molecule has 0 spiro atoms. The molecule has 0 N–H and O–H groups in total. The molecular formula is C15H26N2O2. The normalized spacial score (nSPS) is 25.0. The number of hydrogen-bond donors (Lipinski definition) is 0. The first-order chi connectivity index (χ1) is 8.83. The van der Waals surface area contributed by atoms with Crippen LogP contribution in [0.5, 0.6) is 0 Å². The summed E-state index contributed by atoms with van der Waals surface area (Å²) < 4.78 is 0. The average molecular weight is 266 g/mol. The van der Waals surface area contributed by atoms with E-state index in [1.165, 1.54) is 0 Å². The van der Waals surface area contributed by atoms with E-state index in [1.54, 1.807) is 4.90 Å². The Kier molecular flexibility index (Phi) is 3.88. The number of nitrogens with zero attached hydrogens (tertiary/aromatic N) is 2. The molecule has 2 saturated heterocycles. The average Bonchev–Trinajstić information content (AvgIpc) is 2.78. The summed E-state index contributed by atoms with van der Waals surface area (Å²) in [7, 11) is 0. The van der Waals surface area contributed by atoms with E-state index in [2.05, 4.69) is 27.7 Å². The molecule has 19 heavy (non-hydrogen) atoms. The summed E-state index contributed by atoms with van der Waals surface area (Å²) in [5.41, 5.74) is 0.0898.